The molecule has 0 unspecified atom stereocenters. The first kappa shape index (κ1) is 13.6. The lowest BCUT2D eigenvalue weighted by molar-refractivity contribution is 1.34. The summed E-state index contributed by atoms with van der Waals surface area (Å²) in [6.07, 6.45) is 0. The molecule has 4 nitrogen and oxygen atoms in total. The largest absolute Gasteiger partial charge is 0.346 e. The van der Waals surface area contributed by atoms with E-state index in [0.717, 1.165) is 20.8 Å². The van der Waals surface area contributed by atoms with Gasteiger partial charge in [-0.3, -0.25) is 4.79 Å². The fourth-order valence-corrected chi connectivity index (χ4v) is 3.81. The zero-order valence-corrected chi connectivity index (χ0v) is 12.8. The first-order valence-electron chi connectivity index (χ1n) is 7.07. The Hall–Kier alpha value is -3.10. The minimum Gasteiger partial charge on any atom is -0.346 e. The Kier molecular flexibility index (Phi) is 3.11. The highest BCUT2D eigenvalue weighted by Crippen LogP contribution is 2.38. The van der Waals surface area contributed by atoms with Crippen LogP contribution in [0.2, 0.25) is 0 Å². The highest BCUT2D eigenvalue weighted by Gasteiger charge is 2.16. The van der Waals surface area contributed by atoms with E-state index in [2.05, 4.69) is 16.4 Å². The number of benzene rings is 2. The van der Waals surface area contributed by atoms with Crippen LogP contribution in [0.5, 0.6) is 0 Å². The summed E-state index contributed by atoms with van der Waals surface area (Å²) in [6, 6.07) is 19.3. The second-order valence-corrected chi connectivity index (χ2v) is 6.13. The molecule has 2 aromatic heterocycles. The van der Waals surface area contributed by atoms with Gasteiger partial charge in [0.05, 0.1) is 10.2 Å². The van der Waals surface area contributed by atoms with Gasteiger partial charge in [0.2, 0.25) is 0 Å². The van der Waals surface area contributed by atoms with Crippen molar-refractivity contribution in [2.75, 3.05) is 5.32 Å². The zero-order valence-electron chi connectivity index (χ0n) is 12.0. The van der Waals surface area contributed by atoms with E-state index in [4.69, 9.17) is 0 Å². The lowest BCUT2D eigenvalue weighted by Crippen LogP contribution is -2.05. The monoisotopic (exact) mass is 317 g/mol. The highest BCUT2D eigenvalue weighted by molar-refractivity contribution is 7.24. The molecule has 0 saturated heterocycles. The summed E-state index contributed by atoms with van der Waals surface area (Å²) < 4.78 is 0.912. The molecule has 0 fully saturated rings. The predicted molar refractivity (Wildman–Crippen MR) is 94.4 cm³/mol. The number of pyridine rings is 1. The van der Waals surface area contributed by atoms with Crippen molar-refractivity contribution >= 4 is 43.0 Å². The molecule has 23 heavy (non-hydrogen) atoms. The number of nitriles is 1. The molecular weight excluding hydrogens is 306 g/mol. The lowest BCUT2D eigenvalue weighted by atomic mass is 10.1. The smallest absolute Gasteiger partial charge is 0.256 e. The molecule has 0 aliphatic rings. The fraction of sp³-hybridized carbons (Fsp3) is 0. The van der Waals surface area contributed by atoms with Crippen LogP contribution in [-0.4, -0.2) is 4.98 Å². The van der Waals surface area contributed by atoms with E-state index < -0.39 is 0 Å². The van der Waals surface area contributed by atoms with Gasteiger partial charge < -0.3 is 10.3 Å². The number of hydrogen-bond donors (Lipinski definition) is 2. The molecule has 0 saturated carbocycles. The van der Waals surface area contributed by atoms with Gasteiger partial charge in [0.1, 0.15) is 16.6 Å². The van der Waals surface area contributed by atoms with Crippen LogP contribution in [-0.2, 0) is 0 Å². The lowest BCUT2D eigenvalue weighted by Gasteiger charge is -2.02. The van der Waals surface area contributed by atoms with Crippen molar-refractivity contribution in [2.24, 2.45) is 0 Å². The van der Waals surface area contributed by atoms with Crippen molar-refractivity contribution in [1.29, 1.82) is 5.26 Å². The molecule has 4 rings (SSSR count). The van der Waals surface area contributed by atoms with Gasteiger partial charge in [-0.1, -0.05) is 36.4 Å². The number of aromatic amines is 1. The summed E-state index contributed by atoms with van der Waals surface area (Å²) in [5, 5.41) is 15.1. The maximum absolute atomic E-state index is 12.2. The number of hydrogen-bond acceptors (Lipinski definition) is 4. The average Bonchev–Trinajstić information content (AvgIpc) is 2.93. The molecule has 5 heteroatoms. The van der Waals surface area contributed by atoms with Crippen molar-refractivity contribution in [2.45, 2.75) is 0 Å². The molecule has 2 aromatic carbocycles. The van der Waals surface area contributed by atoms with Crippen LogP contribution in [0.1, 0.15) is 5.56 Å². The van der Waals surface area contributed by atoms with Crippen LogP contribution in [0.4, 0.5) is 10.7 Å². The van der Waals surface area contributed by atoms with E-state index in [1.807, 2.05) is 48.5 Å². The van der Waals surface area contributed by atoms with Crippen molar-refractivity contribution in [1.82, 2.24) is 4.98 Å². The Morgan fingerprint density at radius 3 is 2.43 bits per heavy atom. The molecule has 0 radical (unpaired) electrons. The van der Waals surface area contributed by atoms with E-state index in [9.17, 15) is 10.1 Å². The second kappa shape index (κ2) is 5.27. The Morgan fingerprint density at radius 1 is 1.00 bits per heavy atom. The Balaban J connectivity index is 2.01. The number of nitrogens with zero attached hydrogens (tertiary/aromatic N) is 1. The minimum absolute atomic E-state index is 0.173. The maximum Gasteiger partial charge on any atom is 0.256 e. The van der Waals surface area contributed by atoms with Gasteiger partial charge in [-0.15, -0.1) is 11.3 Å². The minimum atomic E-state index is -0.173. The molecule has 0 bridgehead atoms. The van der Waals surface area contributed by atoms with Crippen LogP contribution in [0, 0.1) is 11.3 Å². The highest BCUT2D eigenvalue weighted by atomic mass is 32.1. The predicted octanol–water partition coefficient (Wildman–Crippen LogP) is 4.36. The Morgan fingerprint density at radius 2 is 1.70 bits per heavy atom. The normalized spacial score (nSPS) is 10.7. The van der Waals surface area contributed by atoms with Crippen molar-refractivity contribution < 1.29 is 0 Å². The maximum atomic E-state index is 12.2. The first-order chi connectivity index (χ1) is 11.3. The summed E-state index contributed by atoms with van der Waals surface area (Å²) in [6.45, 7) is 0. The van der Waals surface area contributed by atoms with E-state index in [0.29, 0.717) is 16.5 Å². The van der Waals surface area contributed by atoms with Crippen molar-refractivity contribution in [3.63, 3.8) is 0 Å². The summed E-state index contributed by atoms with van der Waals surface area (Å²) in [5.41, 5.74) is 1.80. The van der Waals surface area contributed by atoms with Gasteiger partial charge in [0, 0.05) is 16.5 Å². The molecule has 0 amide bonds. The van der Waals surface area contributed by atoms with Crippen LogP contribution in [0.3, 0.4) is 0 Å². The van der Waals surface area contributed by atoms with Crippen LogP contribution < -0.4 is 10.9 Å². The Bertz CT molecular complexity index is 1120. The van der Waals surface area contributed by atoms with Crippen LogP contribution in [0.25, 0.3) is 21.0 Å². The van der Waals surface area contributed by atoms with E-state index in [-0.39, 0.29) is 5.56 Å². The third kappa shape index (κ3) is 2.17. The average molecular weight is 317 g/mol. The molecule has 110 valence electrons. The summed E-state index contributed by atoms with van der Waals surface area (Å²) in [7, 11) is 0. The van der Waals surface area contributed by atoms with Crippen molar-refractivity contribution in [3.8, 4) is 6.07 Å². The van der Waals surface area contributed by atoms with Gasteiger partial charge in [0.15, 0.2) is 0 Å². The number of thiophene rings is 1. The van der Waals surface area contributed by atoms with Gasteiger partial charge in [-0.05, 0) is 18.2 Å². The van der Waals surface area contributed by atoms with Gasteiger partial charge in [0.25, 0.3) is 5.56 Å². The summed E-state index contributed by atoms with van der Waals surface area (Å²) in [5.74, 6) is 0. The van der Waals surface area contributed by atoms with Crippen molar-refractivity contribution in [3.05, 3.63) is 70.5 Å². The molecule has 0 aliphatic heterocycles. The summed E-state index contributed by atoms with van der Waals surface area (Å²) in [4.78, 5) is 15.1. The molecule has 2 heterocycles. The second-order valence-electron chi connectivity index (χ2n) is 5.11. The molecule has 2 N–H and O–H groups in total. The molecular formula is C18H11N3OS. The van der Waals surface area contributed by atoms with E-state index >= 15 is 0 Å². The zero-order chi connectivity index (χ0) is 15.8. The van der Waals surface area contributed by atoms with Crippen LogP contribution >= 0.6 is 11.3 Å². The molecule has 0 aliphatic carbocycles. The number of rotatable bonds is 2. The first-order valence-corrected chi connectivity index (χ1v) is 7.89. The van der Waals surface area contributed by atoms with E-state index in [1.165, 1.54) is 11.3 Å². The van der Waals surface area contributed by atoms with Gasteiger partial charge in [-0.25, -0.2) is 0 Å². The SMILES string of the molecule is N#Cc1c(Nc2ccccc2)sc2c1[nH]c(=O)c1ccccc12. The number of H-pyrrole nitrogens is 1. The quantitative estimate of drug-likeness (QED) is 0.577. The molecule has 0 spiro atoms. The topological polar surface area (TPSA) is 68.7 Å². The number of para-hydroxylation sites is 1. The number of fused-ring (bicyclic) bond motifs is 3. The standard InChI is InChI=1S/C18H11N3OS/c19-10-14-15-16(12-8-4-5-9-13(12)17(22)21-15)23-18(14)20-11-6-2-1-3-7-11/h1-9,20H,(H,21,22). The number of aromatic nitrogens is 1. The van der Waals surface area contributed by atoms with Crippen LogP contribution in [0.15, 0.2) is 59.4 Å². The number of anilines is 2. The Labute approximate surface area is 135 Å². The summed E-state index contributed by atoms with van der Waals surface area (Å²) >= 11 is 1.48. The van der Waals surface area contributed by atoms with Gasteiger partial charge >= 0.3 is 0 Å². The third-order valence-electron chi connectivity index (χ3n) is 3.71. The molecule has 4 aromatic rings. The number of nitrogens with one attached hydrogen (secondary N) is 2. The fourth-order valence-electron chi connectivity index (χ4n) is 2.65. The van der Waals surface area contributed by atoms with Gasteiger partial charge in [-0.2, -0.15) is 5.26 Å². The third-order valence-corrected chi connectivity index (χ3v) is 4.85. The van der Waals surface area contributed by atoms with E-state index in [1.54, 1.807) is 6.07 Å². The molecule has 0 atom stereocenters.